The Morgan fingerprint density at radius 1 is 1.16 bits per heavy atom. The van der Waals surface area contributed by atoms with Gasteiger partial charge in [-0.3, -0.25) is 4.99 Å². The van der Waals surface area contributed by atoms with Crippen molar-refractivity contribution < 1.29 is 12.8 Å². The molecule has 0 aromatic heterocycles. The van der Waals surface area contributed by atoms with E-state index in [0.29, 0.717) is 16.3 Å². The van der Waals surface area contributed by atoms with E-state index in [2.05, 4.69) is 17.2 Å². The van der Waals surface area contributed by atoms with E-state index in [1.807, 2.05) is 32.2 Å². The lowest BCUT2D eigenvalue weighted by molar-refractivity contribution is 0.503. The highest BCUT2D eigenvalue weighted by atomic mass is 35.5. The molecule has 0 aliphatic carbocycles. The predicted octanol–water partition coefficient (Wildman–Crippen LogP) is 4.87. The zero-order valence-corrected chi connectivity index (χ0v) is 19.3. The number of sulfone groups is 1. The minimum atomic E-state index is -3.17. The van der Waals surface area contributed by atoms with Gasteiger partial charge in [-0.1, -0.05) is 36.7 Å². The number of halogens is 2. The molecule has 2 aliphatic heterocycles. The van der Waals surface area contributed by atoms with Gasteiger partial charge in [0.2, 0.25) is 0 Å². The summed E-state index contributed by atoms with van der Waals surface area (Å²) in [6.45, 7) is 4.45. The van der Waals surface area contributed by atoms with Gasteiger partial charge < -0.3 is 4.90 Å². The second-order valence-corrected chi connectivity index (χ2v) is 10.7. The van der Waals surface area contributed by atoms with Crippen molar-refractivity contribution in [1.82, 2.24) is 4.90 Å². The van der Waals surface area contributed by atoms with Crippen molar-refractivity contribution in [2.75, 3.05) is 19.3 Å². The minimum Gasteiger partial charge on any atom is -0.376 e. The normalized spacial score (nSPS) is 18.4. The number of fused-ring (bicyclic) bond motifs is 3. The lowest BCUT2D eigenvalue weighted by Crippen LogP contribution is -2.19. The maximum absolute atomic E-state index is 13.7. The van der Waals surface area contributed by atoms with Crippen LogP contribution in [0, 0.1) is 5.82 Å². The summed E-state index contributed by atoms with van der Waals surface area (Å²) in [6, 6.07) is 9.84. The molecule has 162 valence electrons. The van der Waals surface area contributed by atoms with Crippen LogP contribution in [0.3, 0.4) is 0 Å². The predicted molar refractivity (Wildman–Crippen MR) is 125 cm³/mol. The zero-order chi connectivity index (χ0) is 22.3. The third-order valence-corrected chi connectivity index (χ3v) is 7.64. The number of hydrogen-bond acceptors (Lipinski definition) is 4. The molecular weight excluding hydrogens is 435 g/mol. The van der Waals surface area contributed by atoms with Crippen molar-refractivity contribution in [2.24, 2.45) is 4.99 Å². The van der Waals surface area contributed by atoms with Crippen LogP contribution in [0.2, 0.25) is 5.02 Å². The third-order valence-electron chi connectivity index (χ3n) is 5.67. The van der Waals surface area contributed by atoms with Gasteiger partial charge in [-0.15, -0.1) is 0 Å². The first-order valence-electron chi connectivity index (χ1n) is 10.2. The molecule has 0 saturated carbocycles. The van der Waals surface area contributed by atoms with Crippen molar-refractivity contribution >= 4 is 32.7 Å². The quantitative estimate of drug-likeness (QED) is 0.657. The van der Waals surface area contributed by atoms with E-state index in [1.165, 1.54) is 12.1 Å². The fraction of sp³-hybridized carbons (Fsp3) is 0.292. The smallest absolute Gasteiger partial charge is 0.154 e. The summed E-state index contributed by atoms with van der Waals surface area (Å²) in [5.74, 6) is -0.328. The van der Waals surface area contributed by atoms with E-state index in [-0.39, 0.29) is 17.5 Å². The van der Waals surface area contributed by atoms with E-state index in [1.54, 1.807) is 13.0 Å². The van der Waals surface area contributed by atoms with E-state index in [9.17, 15) is 12.8 Å². The van der Waals surface area contributed by atoms with Gasteiger partial charge in [-0.25, -0.2) is 12.8 Å². The summed E-state index contributed by atoms with van der Waals surface area (Å²) in [5.41, 5.74) is 5.92. The van der Waals surface area contributed by atoms with Crippen LogP contribution in [0.25, 0.3) is 5.57 Å². The summed E-state index contributed by atoms with van der Waals surface area (Å²) in [4.78, 5) is 7.06. The van der Waals surface area contributed by atoms with Gasteiger partial charge in [0.1, 0.15) is 5.82 Å². The number of hydrogen-bond donors (Lipinski definition) is 0. The summed E-state index contributed by atoms with van der Waals surface area (Å²) < 4.78 is 38.2. The second-order valence-electron chi connectivity index (χ2n) is 7.98. The van der Waals surface area contributed by atoms with E-state index in [4.69, 9.17) is 16.6 Å². The average Bonchev–Trinajstić information content (AvgIpc) is 2.82. The van der Waals surface area contributed by atoms with Crippen LogP contribution in [0.5, 0.6) is 0 Å². The second kappa shape index (κ2) is 8.24. The van der Waals surface area contributed by atoms with Crippen LogP contribution in [0.15, 0.2) is 59.2 Å². The van der Waals surface area contributed by atoms with Gasteiger partial charge in [0.25, 0.3) is 0 Å². The highest BCUT2D eigenvalue weighted by Crippen LogP contribution is 2.38. The molecule has 7 heteroatoms. The largest absolute Gasteiger partial charge is 0.376 e. The molecule has 0 radical (unpaired) electrons. The molecule has 0 N–H and O–H groups in total. The molecule has 4 rings (SSSR count). The van der Waals surface area contributed by atoms with E-state index in [0.717, 1.165) is 34.4 Å². The van der Waals surface area contributed by atoms with Gasteiger partial charge in [-0.05, 0) is 47.9 Å². The topological polar surface area (TPSA) is 49.7 Å². The monoisotopic (exact) mass is 458 g/mol. The Morgan fingerprint density at radius 3 is 2.61 bits per heavy atom. The molecule has 2 aliphatic rings. The van der Waals surface area contributed by atoms with Gasteiger partial charge in [0.15, 0.2) is 9.84 Å². The average molecular weight is 459 g/mol. The van der Waals surface area contributed by atoms with Crippen molar-refractivity contribution in [3.05, 3.63) is 87.3 Å². The maximum Gasteiger partial charge on any atom is 0.154 e. The first-order valence-corrected chi connectivity index (χ1v) is 12.4. The Labute approximate surface area is 187 Å². The van der Waals surface area contributed by atoms with Crippen molar-refractivity contribution in [1.29, 1.82) is 0 Å². The highest BCUT2D eigenvalue weighted by Gasteiger charge is 2.28. The first kappa shape index (κ1) is 21.8. The summed E-state index contributed by atoms with van der Waals surface area (Å²) in [5, 5.41) is 0.291. The third kappa shape index (κ3) is 4.32. The Kier molecular flexibility index (Phi) is 5.79. The number of aliphatic imine (C=N–C) groups is 1. The van der Waals surface area contributed by atoms with Crippen LogP contribution in [0.4, 0.5) is 4.39 Å². The molecule has 2 heterocycles. The molecule has 4 nitrogen and oxygen atoms in total. The molecule has 2 aromatic rings. The maximum atomic E-state index is 13.7. The molecule has 0 unspecified atom stereocenters. The lowest BCUT2D eigenvalue weighted by atomic mass is 9.88. The Morgan fingerprint density at radius 2 is 1.90 bits per heavy atom. The van der Waals surface area contributed by atoms with Gasteiger partial charge in [-0.2, -0.15) is 0 Å². The van der Waals surface area contributed by atoms with Crippen molar-refractivity contribution in [3.63, 3.8) is 0 Å². The molecule has 0 amide bonds. The minimum absolute atomic E-state index is 0.0156. The van der Waals surface area contributed by atoms with Crippen molar-refractivity contribution in [3.8, 4) is 0 Å². The van der Waals surface area contributed by atoms with Gasteiger partial charge in [0, 0.05) is 42.2 Å². The lowest BCUT2D eigenvalue weighted by Gasteiger charge is -2.25. The summed E-state index contributed by atoms with van der Waals surface area (Å²) in [6.07, 6.45) is 4.23. The van der Waals surface area contributed by atoms with Gasteiger partial charge in [0.05, 0.1) is 22.5 Å². The van der Waals surface area contributed by atoms with Crippen molar-refractivity contribution in [2.45, 2.75) is 25.6 Å². The van der Waals surface area contributed by atoms with Crippen LogP contribution in [-0.2, 0) is 15.6 Å². The Balaban J connectivity index is 1.96. The molecule has 1 atom stereocenters. The van der Waals surface area contributed by atoms with Crippen LogP contribution in [0.1, 0.15) is 36.1 Å². The fourth-order valence-corrected chi connectivity index (χ4v) is 5.16. The number of nitrogens with zero attached hydrogens (tertiary/aromatic N) is 2. The molecule has 0 saturated heterocycles. The molecule has 2 aromatic carbocycles. The summed E-state index contributed by atoms with van der Waals surface area (Å²) in [7, 11) is -1.17. The Bertz CT molecular complexity index is 1250. The molecule has 0 spiro atoms. The van der Waals surface area contributed by atoms with Crippen LogP contribution < -0.4 is 0 Å². The standard InChI is InChI=1S/C24H24ClFN2O2S/c1-4-31(29,30)14-16-5-7-19-21(11-16)22-13-28(3)10-9-18(22)15(2)27-24(19)20-8-6-17(26)12-23(20)25/h5-9,11-13,15H,4,10,14H2,1-3H3/t15-/m0/s1. The fourth-order valence-electron chi connectivity index (χ4n) is 4.02. The van der Waals surface area contributed by atoms with Gasteiger partial charge >= 0.3 is 0 Å². The number of likely N-dealkylation sites (N-methyl/N-ethyl adjacent to an activating group) is 1. The molecule has 0 bridgehead atoms. The van der Waals surface area contributed by atoms with E-state index >= 15 is 0 Å². The SMILES string of the molecule is CCS(=O)(=O)Cc1ccc2c(c1)C1=CN(C)CC=C1[C@H](C)N=C2c1ccc(F)cc1Cl. The highest BCUT2D eigenvalue weighted by molar-refractivity contribution is 7.90. The number of benzene rings is 2. The van der Waals surface area contributed by atoms with Crippen LogP contribution >= 0.6 is 11.6 Å². The molecule has 0 fully saturated rings. The number of rotatable bonds is 4. The van der Waals surface area contributed by atoms with Crippen LogP contribution in [-0.4, -0.2) is 44.4 Å². The molecular formula is C24H24ClFN2O2S. The zero-order valence-electron chi connectivity index (χ0n) is 17.7. The first-order chi connectivity index (χ1) is 14.7. The molecule has 31 heavy (non-hydrogen) atoms. The Hall–Kier alpha value is -2.44. The summed E-state index contributed by atoms with van der Waals surface area (Å²) >= 11 is 6.41. The van der Waals surface area contributed by atoms with E-state index < -0.39 is 15.7 Å².